The van der Waals surface area contributed by atoms with Crippen molar-refractivity contribution in [1.82, 2.24) is 0 Å². The molecule has 0 spiro atoms. The maximum atomic E-state index is 10.1. The number of ether oxygens (including phenoxy) is 4. The Hall–Kier alpha value is -0.200. The van der Waals surface area contributed by atoms with E-state index in [9.17, 15) is 5.11 Å². The van der Waals surface area contributed by atoms with Gasteiger partial charge in [-0.25, -0.2) is 0 Å². The number of rotatable bonds is 10. The third-order valence-corrected chi connectivity index (χ3v) is 5.47. The lowest BCUT2D eigenvalue weighted by atomic mass is 9.54. The van der Waals surface area contributed by atoms with Gasteiger partial charge < -0.3 is 24.1 Å². The number of methoxy groups -OCH3 is 1. The second-order valence-electron chi connectivity index (χ2n) is 7.00. The summed E-state index contributed by atoms with van der Waals surface area (Å²) in [5, 5.41) is 10.1. The molecule has 1 unspecified atom stereocenters. The lowest BCUT2D eigenvalue weighted by molar-refractivity contribution is -0.152. The molecule has 1 aliphatic heterocycles. The molecular formula is C17H32O5. The van der Waals surface area contributed by atoms with Gasteiger partial charge in [-0.05, 0) is 57.3 Å². The first-order valence-corrected chi connectivity index (χ1v) is 8.54. The minimum Gasteiger partial charge on any atom is -0.393 e. The van der Waals surface area contributed by atoms with Crippen molar-refractivity contribution in [3.05, 3.63) is 0 Å². The zero-order valence-electron chi connectivity index (χ0n) is 14.3. The van der Waals surface area contributed by atoms with Crippen molar-refractivity contribution in [2.45, 2.75) is 64.3 Å². The van der Waals surface area contributed by atoms with E-state index in [0.717, 1.165) is 32.1 Å². The second-order valence-corrected chi connectivity index (χ2v) is 7.00. The Morgan fingerprint density at radius 2 is 1.95 bits per heavy atom. The molecule has 3 atom stereocenters. The normalized spacial score (nSPS) is 31.9. The van der Waals surface area contributed by atoms with Gasteiger partial charge in [0.25, 0.3) is 0 Å². The number of hydrogen-bond donors (Lipinski definition) is 1. The highest BCUT2D eigenvalue weighted by molar-refractivity contribution is 4.97. The lowest BCUT2D eigenvalue weighted by Crippen LogP contribution is -2.46. The summed E-state index contributed by atoms with van der Waals surface area (Å²) in [6, 6.07) is 0. The minimum absolute atomic E-state index is 0.205. The molecule has 22 heavy (non-hydrogen) atoms. The Labute approximate surface area is 134 Å². The maximum Gasteiger partial charge on any atom is 0.165 e. The molecule has 0 radical (unpaired) electrons. The molecule has 0 aromatic rings. The zero-order valence-corrected chi connectivity index (χ0v) is 14.3. The van der Waals surface area contributed by atoms with Gasteiger partial charge in [0.1, 0.15) is 6.79 Å². The van der Waals surface area contributed by atoms with Crippen LogP contribution >= 0.6 is 0 Å². The van der Waals surface area contributed by atoms with E-state index in [1.54, 1.807) is 7.11 Å². The highest BCUT2D eigenvalue weighted by atomic mass is 16.7. The Balaban J connectivity index is 1.82. The smallest absolute Gasteiger partial charge is 0.165 e. The second kappa shape index (κ2) is 8.06. The fraction of sp³-hybridized carbons (Fsp3) is 1.00. The Morgan fingerprint density at radius 1 is 1.23 bits per heavy atom. The Bertz CT molecular complexity index is 327. The number of aliphatic hydroxyl groups is 1. The van der Waals surface area contributed by atoms with Gasteiger partial charge in [0.05, 0.1) is 19.3 Å². The summed E-state index contributed by atoms with van der Waals surface area (Å²) < 4.78 is 21.8. The average molecular weight is 316 g/mol. The molecule has 130 valence electrons. The van der Waals surface area contributed by atoms with E-state index in [1.807, 2.05) is 13.8 Å². The Morgan fingerprint density at radius 3 is 2.50 bits per heavy atom. The van der Waals surface area contributed by atoms with Gasteiger partial charge in [-0.1, -0.05) is 0 Å². The quantitative estimate of drug-likeness (QED) is 0.496. The molecule has 0 bridgehead atoms. The number of aliphatic hydroxyl groups excluding tert-OH is 1. The summed E-state index contributed by atoms with van der Waals surface area (Å²) in [6.07, 6.45) is 6.12. The van der Waals surface area contributed by atoms with Gasteiger partial charge in [-0.3, -0.25) is 0 Å². The summed E-state index contributed by atoms with van der Waals surface area (Å²) in [5.41, 5.74) is 0.205. The highest BCUT2D eigenvalue weighted by Gasteiger charge is 2.48. The predicted octanol–water partition coefficient (Wildman–Crippen LogP) is 2.71. The summed E-state index contributed by atoms with van der Waals surface area (Å²) in [5.74, 6) is -0.0190. The van der Waals surface area contributed by atoms with Gasteiger partial charge in [0.2, 0.25) is 0 Å². The van der Waals surface area contributed by atoms with Gasteiger partial charge in [-0.2, -0.15) is 0 Å². The number of hydrogen-bond acceptors (Lipinski definition) is 5. The van der Waals surface area contributed by atoms with Gasteiger partial charge in [-0.15, -0.1) is 0 Å². The van der Waals surface area contributed by atoms with Crippen molar-refractivity contribution < 1.29 is 24.1 Å². The van der Waals surface area contributed by atoms with Gasteiger partial charge in [0.15, 0.2) is 5.79 Å². The third kappa shape index (κ3) is 4.42. The van der Waals surface area contributed by atoms with Crippen LogP contribution in [0.1, 0.15) is 52.4 Å². The van der Waals surface area contributed by atoms with Crippen LogP contribution in [0.3, 0.4) is 0 Å². The first-order chi connectivity index (χ1) is 10.5. The van der Waals surface area contributed by atoms with Crippen LogP contribution in [0.2, 0.25) is 0 Å². The van der Waals surface area contributed by atoms with Crippen molar-refractivity contribution in [3.8, 4) is 0 Å². The average Bonchev–Trinajstić information content (AvgIpc) is 2.86. The van der Waals surface area contributed by atoms with Crippen molar-refractivity contribution >= 4 is 0 Å². The summed E-state index contributed by atoms with van der Waals surface area (Å²) >= 11 is 0. The molecule has 1 saturated heterocycles. The van der Waals surface area contributed by atoms with Crippen molar-refractivity contribution in [1.29, 1.82) is 0 Å². The van der Waals surface area contributed by atoms with Crippen LogP contribution in [0, 0.1) is 11.3 Å². The summed E-state index contributed by atoms with van der Waals surface area (Å²) in [4.78, 5) is 0. The predicted molar refractivity (Wildman–Crippen MR) is 83.4 cm³/mol. The van der Waals surface area contributed by atoms with Crippen LogP contribution in [-0.4, -0.2) is 50.7 Å². The fourth-order valence-electron chi connectivity index (χ4n) is 4.10. The third-order valence-electron chi connectivity index (χ3n) is 5.47. The summed E-state index contributed by atoms with van der Waals surface area (Å²) in [7, 11) is 1.64. The fourth-order valence-corrected chi connectivity index (χ4v) is 4.10. The van der Waals surface area contributed by atoms with Crippen molar-refractivity contribution in [2.24, 2.45) is 11.3 Å². The highest BCUT2D eigenvalue weighted by Crippen LogP contribution is 2.54. The molecular weight excluding hydrogens is 284 g/mol. The van der Waals surface area contributed by atoms with Crippen LogP contribution < -0.4 is 0 Å². The largest absolute Gasteiger partial charge is 0.393 e. The van der Waals surface area contributed by atoms with E-state index in [2.05, 4.69) is 0 Å². The molecule has 2 fully saturated rings. The van der Waals surface area contributed by atoms with E-state index in [0.29, 0.717) is 32.5 Å². The lowest BCUT2D eigenvalue weighted by Gasteiger charge is -2.52. The maximum absolute atomic E-state index is 10.1. The molecule has 2 aliphatic rings. The van der Waals surface area contributed by atoms with E-state index >= 15 is 0 Å². The van der Waals surface area contributed by atoms with Crippen molar-refractivity contribution in [2.75, 3.05) is 33.7 Å². The van der Waals surface area contributed by atoms with Crippen LogP contribution in [0.5, 0.6) is 0 Å². The van der Waals surface area contributed by atoms with Crippen LogP contribution in [0.25, 0.3) is 0 Å². The first-order valence-electron chi connectivity index (χ1n) is 8.54. The first kappa shape index (κ1) is 18.1. The molecule has 0 aromatic carbocycles. The molecule has 1 aliphatic carbocycles. The molecule has 5 nitrogen and oxygen atoms in total. The van der Waals surface area contributed by atoms with E-state index in [4.69, 9.17) is 18.9 Å². The van der Waals surface area contributed by atoms with Crippen LogP contribution in [0.4, 0.5) is 0 Å². The molecule has 5 heteroatoms. The molecule has 0 amide bonds. The molecule has 1 saturated carbocycles. The molecule has 2 rings (SSSR count). The van der Waals surface area contributed by atoms with E-state index in [-0.39, 0.29) is 11.5 Å². The minimum atomic E-state index is -0.405. The standard InChI is InChI=1S/C17H32O5/c1-14(18)15-5-8-17(15,9-10-20-13-19-3)7-4-6-16(2)21-11-12-22-16/h14-15,18H,4-13H2,1-3H3/t14?,15-,17+/m0/s1. The monoisotopic (exact) mass is 316 g/mol. The Kier molecular flexibility index (Phi) is 6.65. The van der Waals surface area contributed by atoms with Crippen LogP contribution in [-0.2, 0) is 18.9 Å². The molecule has 0 aromatic heterocycles. The van der Waals surface area contributed by atoms with Gasteiger partial charge >= 0.3 is 0 Å². The summed E-state index contributed by atoms with van der Waals surface area (Å²) in [6.45, 7) is 6.38. The van der Waals surface area contributed by atoms with Crippen LogP contribution in [0.15, 0.2) is 0 Å². The SMILES string of the molecule is COCOCC[C@@]1(CCCC2(C)OCCO2)CC[C@H]1C(C)O. The van der Waals surface area contributed by atoms with Crippen molar-refractivity contribution in [3.63, 3.8) is 0 Å². The van der Waals surface area contributed by atoms with E-state index in [1.165, 1.54) is 6.42 Å². The molecule has 1 N–H and O–H groups in total. The van der Waals surface area contributed by atoms with Gasteiger partial charge in [0, 0.05) is 20.1 Å². The molecule has 1 heterocycles. The van der Waals surface area contributed by atoms with E-state index < -0.39 is 5.79 Å². The zero-order chi connectivity index (χ0) is 16.1. The topological polar surface area (TPSA) is 57.2 Å².